The number of rotatable bonds is 6. The summed E-state index contributed by atoms with van der Waals surface area (Å²) in [7, 11) is -1.78. The van der Waals surface area contributed by atoms with Gasteiger partial charge in [-0.15, -0.1) is 6.58 Å². The highest BCUT2D eigenvalue weighted by molar-refractivity contribution is 6.74. The second kappa shape index (κ2) is 8.58. The fourth-order valence-corrected chi connectivity index (χ4v) is 3.93. The summed E-state index contributed by atoms with van der Waals surface area (Å²) in [4.78, 5) is 11.5. The molecule has 0 heterocycles. The van der Waals surface area contributed by atoms with Crippen LogP contribution in [0.2, 0.25) is 18.1 Å². The molecule has 0 N–H and O–H groups in total. The molecule has 0 saturated heterocycles. The van der Waals surface area contributed by atoms with Crippen LogP contribution in [0.5, 0.6) is 0 Å². The van der Waals surface area contributed by atoms with Crippen molar-refractivity contribution in [2.45, 2.75) is 91.1 Å². The van der Waals surface area contributed by atoms with Crippen molar-refractivity contribution < 1.29 is 14.0 Å². The van der Waals surface area contributed by atoms with Crippen molar-refractivity contribution in [2.75, 3.05) is 0 Å². The highest BCUT2D eigenvalue weighted by Gasteiger charge is 2.39. The topological polar surface area (TPSA) is 35.5 Å². The Balaban J connectivity index is 2.90. The molecule has 1 aliphatic rings. The van der Waals surface area contributed by atoms with Gasteiger partial charge in [0.25, 0.3) is 0 Å². The molecule has 4 heteroatoms. The molecule has 0 aromatic rings. The van der Waals surface area contributed by atoms with Crippen LogP contribution in [0, 0.1) is 17.3 Å². The molecule has 26 heavy (non-hydrogen) atoms. The number of ether oxygens (including phenoxy) is 1. The molecule has 3 nitrogen and oxygen atoms in total. The normalized spacial score (nSPS) is 19.2. The molecule has 0 spiro atoms. The average Bonchev–Trinajstić information content (AvgIpc) is 2.88. The van der Waals surface area contributed by atoms with Crippen molar-refractivity contribution in [2.24, 2.45) is 5.41 Å². The molecule has 0 radical (unpaired) electrons. The van der Waals surface area contributed by atoms with E-state index in [4.69, 9.17) is 9.16 Å². The summed E-state index contributed by atoms with van der Waals surface area (Å²) < 4.78 is 11.9. The van der Waals surface area contributed by atoms with E-state index in [1.54, 1.807) is 0 Å². The Morgan fingerprint density at radius 3 is 2.50 bits per heavy atom. The van der Waals surface area contributed by atoms with Crippen LogP contribution in [0.1, 0.15) is 60.8 Å². The lowest BCUT2D eigenvalue weighted by Crippen LogP contribution is -2.43. The third-order valence-electron chi connectivity index (χ3n) is 5.37. The Labute approximate surface area is 161 Å². The van der Waals surface area contributed by atoms with Crippen molar-refractivity contribution in [1.29, 1.82) is 0 Å². The summed E-state index contributed by atoms with van der Waals surface area (Å²) in [5, 5.41) is 0.199. The minimum Gasteiger partial charge on any atom is -0.449 e. The molecule has 1 aliphatic carbocycles. The minimum atomic E-state index is -1.78. The van der Waals surface area contributed by atoms with Crippen LogP contribution in [0.3, 0.4) is 0 Å². The number of carbonyl (C=O) groups excluding carboxylic acids is 1. The fraction of sp³-hybridized carbons (Fsp3) is 0.682. The summed E-state index contributed by atoms with van der Waals surface area (Å²) in [5.41, 5.74) is 0.816. The quantitative estimate of drug-likeness (QED) is 0.261. The summed E-state index contributed by atoms with van der Waals surface area (Å²) >= 11 is 0. The maximum atomic E-state index is 11.5. The number of carbonyl (C=O) groups is 1. The smallest absolute Gasteiger partial charge is 0.303 e. The summed E-state index contributed by atoms with van der Waals surface area (Å²) in [5.74, 6) is 6.11. The summed E-state index contributed by atoms with van der Waals surface area (Å²) in [6.45, 7) is 20.6. The number of hydrogen-bond donors (Lipinski definition) is 0. The lowest BCUT2D eigenvalue weighted by molar-refractivity contribution is -0.148. The fourth-order valence-electron chi connectivity index (χ4n) is 2.63. The Hall–Kier alpha value is -1.31. The lowest BCUT2D eigenvalue weighted by Gasteiger charge is -2.38. The molecular formula is C22H36O3Si. The predicted molar refractivity (Wildman–Crippen MR) is 111 cm³/mol. The van der Waals surface area contributed by atoms with Gasteiger partial charge in [-0.25, -0.2) is 0 Å². The molecule has 146 valence electrons. The first-order valence-corrected chi connectivity index (χ1v) is 12.4. The maximum Gasteiger partial charge on any atom is 0.303 e. The molecule has 2 atom stereocenters. The van der Waals surface area contributed by atoms with Crippen molar-refractivity contribution in [3.63, 3.8) is 0 Å². The van der Waals surface area contributed by atoms with Gasteiger partial charge in [0, 0.05) is 17.9 Å². The van der Waals surface area contributed by atoms with Crippen LogP contribution in [0.25, 0.3) is 0 Å². The van der Waals surface area contributed by atoms with Gasteiger partial charge in [-0.2, -0.15) is 0 Å². The van der Waals surface area contributed by atoms with E-state index >= 15 is 0 Å². The molecular weight excluding hydrogens is 340 g/mol. The zero-order chi connectivity index (χ0) is 20.2. The molecule has 0 fully saturated rings. The van der Waals surface area contributed by atoms with Gasteiger partial charge in [-0.05, 0) is 43.5 Å². The molecule has 0 aromatic carbocycles. The van der Waals surface area contributed by atoms with Gasteiger partial charge in [-0.3, -0.25) is 4.79 Å². The van der Waals surface area contributed by atoms with E-state index in [1.807, 2.05) is 19.9 Å². The number of esters is 1. The zero-order valence-corrected chi connectivity index (χ0v) is 18.9. The first kappa shape index (κ1) is 22.7. The molecule has 1 rings (SSSR count). The molecule has 0 saturated carbocycles. The van der Waals surface area contributed by atoms with Crippen LogP contribution in [-0.4, -0.2) is 26.5 Å². The van der Waals surface area contributed by atoms with Crippen molar-refractivity contribution in [1.82, 2.24) is 0 Å². The SMILES string of the molecule is C=CCC(C)(C)C(C#CC1=CC(O[Si](C)(C)C(C)(C)C)CC1)OC(C)=O. The highest BCUT2D eigenvalue weighted by atomic mass is 28.4. The molecule has 2 unspecified atom stereocenters. The van der Waals surface area contributed by atoms with E-state index in [0.29, 0.717) is 0 Å². The van der Waals surface area contributed by atoms with E-state index in [0.717, 1.165) is 24.8 Å². The minimum absolute atomic E-state index is 0.147. The predicted octanol–water partition coefficient (Wildman–Crippen LogP) is 5.63. The first-order chi connectivity index (χ1) is 11.8. The van der Waals surface area contributed by atoms with Crippen molar-refractivity contribution in [3.05, 3.63) is 24.3 Å². The molecule has 0 aromatic heterocycles. The number of hydrogen-bond acceptors (Lipinski definition) is 3. The third-order valence-corrected chi connectivity index (χ3v) is 9.87. The van der Waals surface area contributed by atoms with Gasteiger partial charge in [0.15, 0.2) is 14.4 Å². The van der Waals surface area contributed by atoms with Gasteiger partial charge in [0.2, 0.25) is 0 Å². The summed E-state index contributed by atoms with van der Waals surface area (Å²) in [6, 6.07) is 0. The van der Waals surface area contributed by atoms with Gasteiger partial charge in [0.1, 0.15) is 0 Å². The van der Waals surface area contributed by atoms with Gasteiger partial charge in [0.05, 0.1) is 6.10 Å². The van der Waals surface area contributed by atoms with Gasteiger partial charge < -0.3 is 9.16 Å². The van der Waals surface area contributed by atoms with E-state index < -0.39 is 14.4 Å². The van der Waals surface area contributed by atoms with E-state index in [9.17, 15) is 4.79 Å². The third kappa shape index (κ3) is 6.45. The van der Waals surface area contributed by atoms with Crippen LogP contribution >= 0.6 is 0 Å². The second-order valence-electron chi connectivity index (χ2n) is 9.39. The van der Waals surface area contributed by atoms with E-state index in [1.165, 1.54) is 6.92 Å². The Bertz CT molecular complexity index is 612. The first-order valence-electron chi connectivity index (χ1n) is 9.46. The number of allylic oxidation sites excluding steroid dienone is 2. The Morgan fingerprint density at radius 1 is 1.38 bits per heavy atom. The lowest BCUT2D eigenvalue weighted by atomic mass is 9.83. The van der Waals surface area contributed by atoms with Crippen LogP contribution in [0.4, 0.5) is 0 Å². The average molecular weight is 377 g/mol. The zero-order valence-electron chi connectivity index (χ0n) is 17.9. The molecule has 0 amide bonds. The second-order valence-corrected chi connectivity index (χ2v) is 14.1. The van der Waals surface area contributed by atoms with Crippen LogP contribution in [0.15, 0.2) is 24.3 Å². The van der Waals surface area contributed by atoms with E-state index in [2.05, 4.69) is 58.4 Å². The highest BCUT2D eigenvalue weighted by Crippen LogP contribution is 2.39. The molecule has 0 bridgehead atoms. The largest absolute Gasteiger partial charge is 0.449 e. The Kier molecular flexibility index (Phi) is 7.50. The van der Waals surface area contributed by atoms with Crippen LogP contribution in [-0.2, 0) is 14.0 Å². The summed E-state index contributed by atoms with van der Waals surface area (Å²) in [6.07, 6.45) is 6.32. The van der Waals surface area contributed by atoms with Gasteiger partial charge in [-0.1, -0.05) is 52.5 Å². The van der Waals surface area contributed by atoms with Crippen molar-refractivity contribution >= 4 is 14.3 Å². The standard InChI is InChI=1S/C22H36O3Si/c1-10-15-22(6,7)20(24-17(2)23)14-12-18-11-13-19(16-18)25-26(8,9)21(3,4)5/h10,16,19-20H,1,11,13,15H2,2-9H3. The van der Waals surface area contributed by atoms with Crippen LogP contribution < -0.4 is 0 Å². The van der Waals surface area contributed by atoms with Gasteiger partial charge >= 0.3 is 5.97 Å². The maximum absolute atomic E-state index is 11.5. The monoisotopic (exact) mass is 376 g/mol. The molecule has 0 aliphatic heterocycles. The van der Waals surface area contributed by atoms with Crippen molar-refractivity contribution in [3.8, 4) is 11.8 Å². The van der Waals surface area contributed by atoms with E-state index in [-0.39, 0.29) is 22.5 Å². The Morgan fingerprint density at radius 2 is 2.00 bits per heavy atom.